The highest BCUT2D eigenvalue weighted by Crippen LogP contribution is 2.18. The van der Waals surface area contributed by atoms with Crippen molar-refractivity contribution in [1.29, 1.82) is 0 Å². The van der Waals surface area contributed by atoms with Crippen LogP contribution in [0.25, 0.3) is 0 Å². The molecule has 2 fully saturated rings. The summed E-state index contributed by atoms with van der Waals surface area (Å²) >= 11 is 1.64. The molecule has 1 aromatic heterocycles. The Bertz CT molecular complexity index is 460. The van der Waals surface area contributed by atoms with E-state index in [1.807, 2.05) is 10.4 Å². The molecule has 0 saturated carbocycles. The van der Waals surface area contributed by atoms with Crippen molar-refractivity contribution in [2.75, 3.05) is 32.8 Å². The molecule has 0 spiro atoms. The van der Waals surface area contributed by atoms with Crippen LogP contribution in [0.15, 0.2) is 10.9 Å². The van der Waals surface area contributed by atoms with E-state index in [9.17, 15) is 4.79 Å². The van der Waals surface area contributed by atoms with Gasteiger partial charge < -0.3 is 9.64 Å². The van der Waals surface area contributed by atoms with Gasteiger partial charge in [0.05, 0.1) is 17.3 Å². The van der Waals surface area contributed by atoms with Crippen LogP contribution < -0.4 is 0 Å². The van der Waals surface area contributed by atoms with Gasteiger partial charge in [-0.2, -0.15) is 0 Å². The zero-order valence-corrected chi connectivity index (χ0v) is 13.9. The van der Waals surface area contributed by atoms with Gasteiger partial charge in [-0.05, 0) is 25.7 Å². The number of ether oxygens (including phenoxy) is 1. The fraction of sp³-hybridized carbons (Fsp3) is 0.750. The first-order valence-electron chi connectivity index (χ1n) is 8.30. The predicted molar refractivity (Wildman–Crippen MR) is 86.8 cm³/mol. The van der Waals surface area contributed by atoms with Crippen LogP contribution >= 0.6 is 11.3 Å². The Morgan fingerprint density at radius 2 is 2.27 bits per heavy atom. The third kappa shape index (κ3) is 4.51. The van der Waals surface area contributed by atoms with Gasteiger partial charge in [-0.15, -0.1) is 11.3 Å². The van der Waals surface area contributed by atoms with Crippen molar-refractivity contribution in [2.45, 2.75) is 44.8 Å². The molecule has 2 aliphatic heterocycles. The Kier molecular flexibility index (Phi) is 5.81. The lowest BCUT2D eigenvalue weighted by Crippen LogP contribution is -2.35. The molecule has 1 unspecified atom stereocenters. The molecule has 2 saturated heterocycles. The molecule has 0 aliphatic carbocycles. The number of amides is 1. The molecule has 2 aliphatic rings. The van der Waals surface area contributed by atoms with E-state index in [1.54, 1.807) is 11.3 Å². The molecule has 6 heteroatoms. The summed E-state index contributed by atoms with van der Waals surface area (Å²) in [5.74, 6) is 0.297. The molecule has 3 heterocycles. The Hall–Kier alpha value is -0.980. The van der Waals surface area contributed by atoms with Crippen molar-refractivity contribution in [1.82, 2.24) is 14.8 Å². The second kappa shape index (κ2) is 8.04. The van der Waals surface area contributed by atoms with Crippen molar-refractivity contribution in [3.63, 3.8) is 0 Å². The van der Waals surface area contributed by atoms with Crippen molar-refractivity contribution < 1.29 is 9.53 Å². The zero-order valence-electron chi connectivity index (χ0n) is 13.1. The Labute approximate surface area is 136 Å². The first kappa shape index (κ1) is 15.9. The number of hydrogen-bond acceptors (Lipinski definition) is 5. The SMILES string of the molecule is O=C(CCC1CCCO1)N1CCCN(Cc2cscn2)CC1. The summed E-state index contributed by atoms with van der Waals surface area (Å²) in [5, 5.41) is 2.11. The molecule has 22 heavy (non-hydrogen) atoms. The molecule has 1 amide bonds. The van der Waals surface area contributed by atoms with Crippen LogP contribution in [0.3, 0.4) is 0 Å². The molecule has 1 atom stereocenters. The first-order valence-corrected chi connectivity index (χ1v) is 9.24. The van der Waals surface area contributed by atoms with Gasteiger partial charge in [-0.1, -0.05) is 0 Å². The van der Waals surface area contributed by atoms with Crippen LogP contribution in [0.4, 0.5) is 0 Å². The number of carbonyl (C=O) groups excluding carboxylic acids is 1. The lowest BCUT2D eigenvalue weighted by atomic mass is 10.1. The van der Waals surface area contributed by atoms with Crippen LogP contribution in [-0.2, 0) is 16.1 Å². The fourth-order valence-corrected chi connectivity index (χ4v) is 3.79. The Morgan fingerprint density at radius 3 is 3.05 bits per heavy atom. The van der Waals surface area contributed by atoms with Crippen LogP contribution in [0.1, 0.15) is 37.8 Å². The molecule has 0 N–H and O–H groups in total. The van der Waals surface area contributed by atoms with Crippen LogP contribution in [0, 0.1) is 0 Å². The number of nitrogens with zero attached hydrogens (tertiary/aromatic N) is 3. The number of rotatable bonds is 5. The summed E-state index contributed by atoms with van der Waals surface area (Å²) in [5.41, 5.74) is 3.02. The van der Waals surface area contributed by atoms with Crippen LogP contribution in [0.5, 0.6) is 0 Å². The zero-order chi connectivity index (χ0) is 15.2. The number of carbonyl (C=O) groups is 1. The van der Waals surface area contributed by atoms with Gasteiger partial charge in [0, 0.05) is 51.1 Å². The highest BCUT2D eigenvalue weighted by atomic mass is 32.1. The molecule has 0 bridgehead atoms. The van der Waals surface area contributed by atoms with E-state index in [-0.39, 0.29) is 0 Å². The normalized spacial score (nSPS) is 23.6. The van der Waals surface area contributed by atoms with Gasteiger partial charge >= 0.3 is 0 Å². The topological polar surface area (TPSA) is 45.7 Å². The van der Waals surface area contributed by atoms with Crippen LogP contribution in [-0.4, -0.2) is 59.6 Å². The summed E-state index contributed by atoms with van der Waals surface area (Å²) in [7, 11) is 0. The van der Waals surface area contributed by atoms with Gasteiger partial charge in [0.1, 0.15) is 0 Å². The molecule has 1 aromatic rings. The summed E-state index contributed by atoms with van der Waals surface area (Å²) < 4.78 is 5.61. The van der Waals surface area contributed by atoms with Crippen molar-refractivity contribution in [2.24, 2.45) is 0 Å². The Morgan fingerprint density at radius 1 is 1.32 bits per heavy atom. The van der Waals surface area contributed by atoms with E-state index in [0.29, 0.717) is 18.4 Å². The van der Waals surface area contributed by atoms with E-state index in [4.69, 9.17) is 4.74 Å². The second-order valence-corrected chi connectivity index (χ2v) is 6.88. The van der Waals surface area contributed by atoms with Crippen molar-refractivity contribution >= 4 is 17.2 Å². The van der Waals surface area contributed by atoms with Crippen molar-refractivity contribution in [3.05, 3.63) is 16.6 Å². The minimum atomic E-state index is 0.297. The maximum absolute atomic E-state index is 12.4. The quantitative estimate of drug-likeness (QED) is 0.833. The van der Waals surface area contributed by atoms with Gasteiger partial charge in [0.15, 0.2) is 0 Å². The fourth-order valence-electron chi connectivity index (χ4n) is 3.24. The molecule has 3 rings (SSSR count). The minimum Gasteiger partial charge on any atom is -0.378 e. The lowest BCUT2D eigenvalue weighted by molar-refractivity contribution is -0.131. The molecule has 0 radical (unpaired) electrons. The van der Waals surface area contributed by atoms with Gasteiger partial charge in [-0.3, -0.25) is 9.69 Å². The predicted octanol–water partition coefficient (Wildman–Crippen LogP) is 2.14. The molecule has 122 valence electrons. The molecular formula is C16H25N3O2S. The number of aromatic nitrogens is 1. The third-order valence-corrected chi connectivity index (χ3v) is 5.15. The number of hydrogen-bond donors (Lipinski definition) is 0. The molecular weight excluding hydrogens is 298 g/mol. The first-order chi connectivity index (χ1) is 10.8. The van der Waals surface area contributed by atoms with Gasteiger partial charge in [-0.25, -0.2) is 4.98 Å². The van der Waals surface area contributed by atoms with E-state index in [0.717, 1.165) is 70.7 Å². The largest absolute Gasteiger partial charge is 0.378 e. The summed E-state index contributed by atoms with van der Waals surface area (Å²) in [6, 6.07) is 0. The van der Waals surface area contributed by atoms with E-state index in [1.165, 1.54) is 0 Å². The smallest absolute Gasteiger partial charge is 0.222 e. The second-order valence-electron chi connectivity index (χ2n) is 6.16. The highest BCUT2D eigenvalue weighted by molar-refractivity contribution is 7.07. The average molecular weight is 323 g/mol. The number of thiazole rings is 1. The van der Waals surface area contributed by atoms with E-state index >= 15 is 0 Å². The van der Waals surface area contributed by atoms with Crippen molar-refractivity contribution in [3.8, 4) is 0 Å². The van der Waals surface area contributed by atoms with Gasteiger partial charge in [0.25, 0.3) is 0 Å². The van der Waals surface area contributed by atoms with E-state index in [2.05, 4.69) is 15.3 Å². The summed E-state index contributed by atoms with van der Waals surface area (Å²) in [6.45, 7) is 5.50. The molecule has 0 aromatic carbocycles. The minimum absolute atomic E-state index is 0.297. The monoisotopic (exact) mass is 323 g/mol. The summed E-state index contributed by atoms with van der Waals surface area (Å²) in [6.07, 6.45) is 5.16. The average Bonchev–Trinajstić information content (AvgIpc) is 3.16. The standard InChI is InChI=1S/C16H25N3O2S/c20-16(5-4-15-3-1-10-21-15)19-7-2-6-18(8-9-19)11-14-12-22-13-17-14/h12-13,15H,1-11H2. The molecule has 5 nitrogen and oxygen atoms in total. The highest BCUT2D eigenvalue weighted by Gasteiger charge is 2.22. The third-order valence-electron chi connectivity index (χ3n) is 4.51. The maximum Gasteiger partial charge on any atom is 0.222 e. The van der Waals surface area contributed by atoms with Gasteiger partial charge in [0.2, 0.25) is 5.91 Å². The van der Waals surface area contributed by atoms with Crippen LogP contribution in [0.2, 0.25) is 0 Å². The maximum atomic E-state index is 12.4. The lowest BCUT2D eigenvalue weighted by Gasteiger charge is -2.22. The van der Waals surface area contributed by atoms with E-state index < -0.39 is 0 Å². The summed E-state index contributed by atoms with van der Waals surface area (Å²) in [4.78, 5) is 21.2. The Balaban J connectivity index is 1.42.